The minimum Gasteiger partial charge on any atom is -0.353 e. The van der Waals surface area contributed by atoms with Crippen molar-refractivity contribution in [2.75, 3.05) is 5.75 Å². The van der Waals surface area contributed by atoms with Gasteiger partial charge in [-0.15, -0.1) is 11.3 Å². The van der Waals surface area contributed by atoms with Crippen molar-refractivity contribution in [1.82, 2.24) is 14.9 Å². The normalized spacial score (nSPS) is 12.5. The molecule has 2 aromatic heterocycles. The Balaban J connectivity index is 1.92. The van der Waals surface area contributed by atoms with Crippen LogP contribution in [0.4, 0.5) is 0 Å². The summed E-state index contributed by atoms with van der Waals surface area (Å²) >= 11 is 2.71. The molecule has 0 bridgehead atoms. The summed E-state index contributed by atoms with van der Waals surface area (Å²) in [6, 6.07) is 11.3. The summed E-state index contributed by atoms with van der Waals surface area (Å²) in [5.74, 6) is 0.524. The zero-order chi connectivity index (χ0) is 18.7. The van der Waals surface area contributed by atoms with Gasteiger partial charge in [0.2, 0.25) is 5.91 Å². The standard InChI is InChI=1S/C19H21N3O2S2/c1-12(2)13(3)20-16(23)11-26-19-21-17-15(9-10-25-17)18(24)22(19)14-7-5-4-6-8-14/h4-10,12-13H,11H2,1-3H3,(H,20,23)/t13-/m1/s1. The van der Waals surface area contributed by atoms with Gasteiger partial charge in [0.1, 0.15) is 4.83 Å². The van der Waals surface area contributed by atoms with Crippen molar-refractivity contribution < 1.29 is 4.79 Å². The Morgan fingerprint density at radius 1 is 1.23 bits per heavy atom. The molecule has 1 N–H and O–H groups in total. The van der Waals surface area contributed by atoms with E-state index >= 15 is 0 Å². The maximum Gasteiger partial charge on any atom is 0.267 e. The molecule has 1 aromatic carbocycles. The fourth-order valence-corrected chi connectivity index (χ4v) is 4.02. The van der Waals surface area contributed by atoms with Crippen LogP contribution in [0.15, 0.2) is 51.7 Å². The van der Waals surface area contributed by atoms with Crippen LogP contribution in [0.3, 0.4) is 0 Å². The number of nitrogens with one attached hydrogen (secondary N) is 1. The average molecular weight is 388 g/mol. The molecule has 1 atom stereocenters. The Bertz CT molecular complexity index is 964. The molecular weight excluding hydrogens is 366 g/mol. The van der Waals surface area contributed by atoms with Gasteiger partial charge in [0, 0.05) is 6.04 Å². The number of carbonyl (C=O) groups is 1. The molecule has 1 amide bonds. The Morgan fingerprint density at radius 3 is 2.65 bits per heavy atom. The molecule has 3 aromatic rings. The lowest BCUT2D eigenvalue weighted by Gasteiger charge is -2.17. The van der Waals surface area contributed by atoms with E-state index in [4.69, 9.17) is 0 Å². The van der Waals surface area contributed by atoms with Gasteiger partial charge in [-0.3, -0.25) is 14.2 Å². The van der Waals surface area contributed by atoms with Crippen LogP contribution in [-0.2, 0) is 4.79 Å². The van der Waals surface area contributed by atoms with Gasteiger partial charge in [-0.1, -0.05) is 43.8 Å². The highest BCUT2D eigenvalue weighted by molar-refractivity contribution is 7.99. The monoisotopic (exact) mass is 387 g/mol. The molecule has 7 heteroatoms. The zero-order valence-electron chi connectivity index (χ0n) is 14.9. The van der Waals surface area contributed by atoms with E-state index < -0.39 is 0 Å². The van der Waals surface area contributed by atoms with E-state index in [0.29, 0.717) is 21.3 Å². The lowest BCUT2D eigenvalue weighted by Crippen LogP contribution is -2.37. The molecule has 26 heavy (non-hydrogen) atoms. The molecule has 3 rings (SSSR count). The van der Waals surface area contributed by atoms with Gasteiger partial charge >= 0.3 is 0 Å². The fraction of sp³-hybridized carbons (Fsp3) is 0.316. The number of benzene rings is 1. The van der Waals surface area contributed by atoms with Gasteiger partial charge in [-0.2, -0.15) is 0 Å². The van der Waals surface area contributed by atoms with E-state index in [2.05, 4.69) is 24.1 Å². The van der Waals surface area contributed by atoms with Gasteiger partial charge < -0.3 is 5.32 Å². The highest BCUT2D eigenvalue weighted by Gasteiger charge is 2.16. The van der Waals surface area contributed by atoms with Gasteiger partial charge in [0.05, 0.1) is 16.8 Å². The molecule has 0 aliphatic carbocycles. The summed E-state index contributed by atoms with van der Waals surface area (Å²) in [6.45, 7) is 6.12. The molecule has 0 saturated heterocycles. The smallest absolute Gasteiger partial charge is 0.267 e. The number of carbonyl (C=O) groups excluding carboxylic acids is 1. The van der Waals surface area contributed by atoms with Crippen LogP contribution in [0.5, 0.6) is 0 Å². The second kappa shape index (κ2) is 8.05. The molecule has 0 spiro atoms. The van der Waals surface area contributed by atoms with Crippen LogP contribution in [0.1, 0.15) is 20.8 Å². The third kappa shape index (κ3) is 3.99. The number of aromatic nitrogens is 2. The van der Waals surface area contributed by atoms with Crippen LogP contribution in [0.2, 0.25) is 0 Å². The number of thiophene rings is 1. The number of amides is 1. The van der Waals surface area contributed by atoms with Crippen molar-refractivity contribution in [2.24, 2.45) is 5.92 Å². The number of hydrogen-bond donors (Lipinski definition) is 1. The Labute approximate surface area is 160 Å². The highest BCUT2D eigenvalue weighted by Crippen LogP contribution is 2.23. The van der Waals surface area contributed by atoms with E-state index in [0.717, 1.165) is 5.69 Å². The molecule has 5 nitrogen and oxygen atoms in total. The van der Waals surface area contributed by atoms with Crippen molar-refractivity contribution >= 4 is 39.2 Å². The third-order valence-electron chi connectivity index (χ3n) is 4.20. The largest absolute Gasteiger partial charge is 0.353 e. The summed E-state index contributed by atoms with van der Waals surface area (Å²) < 4.78 is 1.58. The van der Waals surface area contributed by atoms with E-state index in [1.807, 2.05) is 42.6 Å². The van der Waals surface area contributed by atoms with Crippen molar-refractivity contribution in [3.05, 3.63) is 52.1 Å². The fourth-order valence-electron chi connectivity index (χ4n) is 2.39. The number of nitrogens with zero attached hydrogens (tertiary/aromatic N) is 2. The summed E-state index contributed by atoms with van der Waals surface area (Å²) in [7, 11) is 0. The van der Waals surface area contributed by atoms with E-state index in [-0.39, 0.29) is 23.3 Å². The van der Waals surface area contributed by atoms with Crippen LogP contribution in [0.25, 0.3) is 15.9 Å². The van der Waals surface area contributed by atoms with Gasteiger partial charge in [-0.05, 0) is 36.4 Å². The summed E-state index contributed by atoms with van der Waals surface area (Å²) in [5.41, 5.74) is 0.637. The van der Waals surface area contributed by atoms with Crippen molar-refractivity contribution in [3.63, 3.8) is 0 Å². The van der Waals surface area contributed by atoms with E-state index in [9.17, 15) is 9.59 Å². The average Bonchev–Trinajstić information content (AvgIpc) is 3.09. The van der Waals surface area contributed by atoms with E-state index in [1.165, 1.54) is 23.1 Å². The number of para-hydroxylation sites is 1. The Morgan fingerprint density at radius 2 is 1.96 bits per heavy atom. The molecule has 0 fully saturated rings. The lowest BCUT2D eigenvalue weighted by atomic mass is 10.1. The molecule has 0 radical (unpaired) electrons. The van der Waals surface area contributed by atoms with Crippen molar-refractivity contribution in [1.29, 1.82) is 0 Å². The minimum atomic E-state index is -0.110. The Hall–Kier alpha value is -2.12. The minimum absolute atomic E-state index is 0.0589. The van der Waals surface area contributed by atoms with Crippen molar-refractivity contribution in [2.45, 2.75) is 32.0 Å². The molecule has 2 heterocycles. The second-order valence-corrected chi connectivity index (χ2v) is 8.24. The first-order chi connectivity index (χ1) is 12.5. The predicted octanol–water partition coefficient (Wildman–Crippen LogP) is 3.70. The summed E-state index contributed by atoms with van der Waals surface area (Å²) in [6.07, 6.45) is 0. The van der Waals surface area contributed by atoms with Crippen LogP contribution in [0, 0.1) is 5.92 Å². The maximum absolute atomic E-state index is 12.9. The van der Waals surface area contributed by atoms with Gasteiger partial charge in [-0.25, -0.2) is 4.98 Å². The van der Waals surface area contributed by atoms with E-state index in [1.54, 1.807) is 10.6 Å². The lowest BCUT2D eigenvalue weighted by molar-refractivity contribution is -0.119. The summed E-state index contributed by atoms with van der Waals surface area (Å²) in [5, 5.41) is 5.97. The maximum atomic E-state index is 12.9. The third-order valence-corrected chi connectivity index (χ3v) is 5.95. The van der Waals surface area contributed by atoms with Crippen LogP contribution >= 0.6 is 23.1 Å². The topological polar surface area (TPSA) is 64.0 Å². The predicted molar refractivity (Wildman–Crippen MR) is 108 cm³/mol. The number of fused-ring (bicyclic) bond motifs is 1. The second-order valence-electron chi connectivity index (χ2n) is 6.40. The quantitative estimate of drug-likeness (QED) is 0.517. The zero-order valence-corrected chi connectivity index (χ0v) is 16.6. The van der Waals surface area contributed by atoms with Crippen molar-refractivity contribution in [3.8, 4) is 5.69 Å². The first kappa shape index (κ1) is 18.7. The first-order valence-electron chi connectivity index (χ1n) is 8.45. The molecule has 0 aliphatic rings. The number of hydrogen-bond acceptors (Lipinski definition) is 5. The molecule has 0 aliphatic heterocycles. The van der Waals surface area contributed by atoms with Gasteiger partial charge in [0.25, 0.3) is 5.56 Å². The summed E-state index contributed by atoms with van der Waals surface area (Å²) in [4.78, 5) is 30.5. The van der Waals surface area contributed by atoms with Crippen LogP contribution in [-0.4, -0.2) is 27.3 Å². The molecule has 0 unspecified atom stereocenters. The SMILES string of the molecule is CC(C)[C@@H](C)NC(=O)CSc1nc2sccc2c(=O)n1-c1ccccc1. The van der Waals surface area contributed by atoms with Crippen LogP contribution < -0.4 is 10.9 Å². The number of thioether (sulfide) groups is 1. The Kier molecular flexibility index (Phi) is 5.78. The number of rotatable bonds is 6. The molecule has 0 saturated carbocycles. The first-order valence-corrected chi connectivity index (χ1v) is 10.3. The molecular formula is C19H21N3O2S2. The van der Waals surface area contributed by atoms with Gasteiger partial charge in [0.15, 0.2) is 5.16 Å². The highest BCUT2D eigenvalue weighted by atomic mass is 32.2. The molecule has 136 valence electrons.